The van der Waals surface area contributed by atoms with E-state index in [0.717, 1.165) is 65.1 Å². The lowest BCUT2D eigenvalue weighted by molar-refractivity contribution is 0.0993. The zero-order valence-corrected chi connectivity index (χ0v) is 21.8. The highest BCUT2D eigenvalue weighted by Crippen LogP contribution is 2.48. The Hall–Kier alpha value is -2.99. The Morgan fingerprint density at radius 1 is 1.00 bits per heavy atom. The molecule has 2 aromatic carbocycles. The van der Waals surface area contributed by atoms with E-state index >= 15 is 0 Å². The number of hydrogen-bond acceptors (Lipinski definition) is 6. The third-order valence-corrected chi connectivity index (χ3v) is 6.59. The SMILES string of the molecule is C=C(NCC1(COc2c(-c3cccc4c3CCC4=O)ccc(C)c2OC)CC1)OCCOC.CC. The summed E-state index contributed by atoms with van der Waals surface area (Å²) in [6, 6.07) is 10.1. The van der Waals surface area contributed by atoms with Crippen LogP contribution in [0.4, 0.5) is 0 Å². The molecule has 4 rings (SSSR count). The molecule has 35 heavy (non-hydrogen) atoms. The van der Waals surface area contributed by atoms with Gasteiger partial charge >= 0.3 is 0 Å². The van der Waals surface area contributed by atoms with Gasteiger partial charge in [0.2, 0.25) is 0 Å². The van der Waals surface area contributed by atoms with Crippen LogP contribution in [-0.4, -0.2) is 46.4 Å². The van der Waals surface area contributed by atoms with Crippen LogP contribution < -0.4 is 14.8 Å². The number of ether oxygens (including phenoxy) is 4. The van der Waals surface area contributed by atoms with E-state index in [4.69, 9.17) is 18.9 Å². The standard InChI is InChI=1S/C27H33NO5.C2H6/c1-18-8-9-23(20-6-5-7-22-21(20)10-11-24(22)29)26(25(18)31-4)33-17-27(12-13-27)16-28-19(2)32-15-14-30-3;1-2/h5-9,28H,2,10-17H2,1,3-4H3;1-2H3. The van der Waals surface area contributed by atoms with Crippen molar-refractivity contribution in [2.24, 2.45) is 5.41 Å². The largest absolute Gasteiger partial charge is 0.493 e. The van der Waals surface area contributed by atoms with Crippen LogP contribution in [0.1, 0.15) is 54.6 Å². The molecular formula is C29H39NO5. The van der Waals surface area contributed by atoms with Gasteiger partial charge in [0.15, 0.2) is 23.2 Å². The molecule has 0 atom stereocenters. The number of carbonyl (C=O) groups excluding carboxylic acids is 1. The molecule has 6 heteroatoms. The average molecular weight is 482 g/mol. The molecule has 1 fully saturated rings. The van der Waals surface area contributed by atoms with Gasteiger partial charge in [-0.05, 0) is 49.5 Å². The van der Waals surface area contributed by atoms with E-state index in [-0.39, 0.29) is 11.2 Å². The first-order chi connectivity index (χ1) is 17.0. The summed E-state index contributed by atoms with van der Waals surface area (Å²) in [6.07, 6.45) is 3.48. The number of methoxy groups -OCH3 is 2. The first-order valence-electron chi connectivity index (χ1n) is 12.5. The Balaban J connectivity index is 0.00000167. The first kappa shape index (κ1) is 26.6. The number of fused-ring (bicyclic) bond motifs is 1. The van der Waals surface area contributed by atoms with E-state index in [2.05, 4.69) is 24.0 Å². The van der Waals surface area contributed by atoms with E-state index in [1.807, 2.05) is 39.0 Å². The van der Waals surface area contributed by atoms with Gasteiger partial charge in [-0.1, -0.05) is 44.2 Å². The summed E-state index contributed by atoms with van der Waals surface area (Å²) >= 11 is 0. The second kappa shape index (κ2) is 12.1. The number of nitrogens with one attached hydrogen (secondary N) is 1. The monoisotopic (exact) mass is 481 g/mol. The Kier molecular flexibility index (Phi) is 9.21. The maximum absolute atomic E-state index is 12.3. The topological polar surface area (TPSA) is 66.0 Å². The van der Waals surface area contributed by atoms with Gasteiger partial charge in [0.25, 0.3) is 0 Å². The second-order valence-electron chi connectivity index (χ2n) is 8.95. The molecular weight excluding hydrogens is 442 g/mol. The molecule has 0 heterocycles. The lowest BCUT2D eigenvalue weighted by Gasteiger charge is -2.23. The lowest BCUT2D eigenvalue weighted by atomic mass is 9.95. The van der Waals surface area contributed by atoms with Crippen LogP contribution in [0.15, 0.2) is 42.8 Å². The molecule has 0 bridgehead atoms. The summed E-state index contributed by atoms with van der Waals surface area (Å²) in [4.78, 5) is 12.3. The van der Waals surface area contributed by atoms with E-state index in [1.54, 1.807) is 14.2 Å². The molecule has 2 aliphatic rings. The van der Waals surface area contributed by atoms with Crippen molar-refractivity contribution in [3.8, 4) is 22.6 Å². The van der Waals surface area contributed by atoms with Crippen molar-refractivity contribution in [2.75, 3.05) is 40.6 Å². The van der Waals surface area contributed by atoms with Crippen molar-refractivity contribution in [3.63, 3.8) is 0 Å². The molecule has 0 aliphatic heterocycles. The fourth-order valence-corrected chi connectivity index (χ4v) is 4.37. The maximum atomic E-state index is 12.3. The van der Waals surface area contributed by atoms with E-state index in [1.165, 1.54) is 0 Å². The predicted molar refractivity (Wildman–Crippen MR) is 139 cm³/mol. The summed E-state index contributed by atoms with van der Waals surface area (Å²) in [5, 5.41) is 3.28. The Labute approximate surface area is 209 Å². The fourth-order valence-electron chi connectivity index (χ4n) is 4.37. The smallest absolute Gasteiger partial charge is 0.179 e. The van der Waals surface area contributed by atoms with Crippen molar-refractivity contribution in [1.82, 2.24) is 5.32 Å². The van der Waals surface area contributed by atoms with Crippen molar-refractivity contribution in [2.45, 2.75) is 46.5 Å². The molecule has 6 nitrogen and oxygen atoms in total. The van der Waals surface area contributed by atoms with Gasteiger partial charge in [0, 0.05) is 36.6 Å². The molecule has 0 radical (unpaired) electrons. The summed E-state index contributed by atoms with van der Waals surface area (Å²) in [6.45, 7) is 12.2. The number of hydrogen-bond donors (Lipinski definition) is 1. The van der Waals surface area contributed by atoms with Gasteiger partial charge in [-0.25, -0.2) is 0 Å². The highest BCUT2D eigenvalue weighted by atomic mass is 16.5. The van der Waals surface area contributed by atoms with E-state index in [9.17, 15) is 4.79 Å². The second-order valence-corrected chi connectivity index (χ2v) is 8.95. The van der Waals surface area contributed by atoms with Gasteiger partial charge in [0.1, 0.15) is 6.61 Å². The third kappa shape index (κ3) is 6.17. The summed E-state index contributed by atoms with van der Waals surface area (Å²) in [5.74, 6) is 2.25. The molecule has 0 spiro atoms. The average Bonchev–Trinajstić information content (AvgIpc) is 3.56. The highest BCUT2D eigenvalue weighted by molar-refractivity contribution is 6.02. The minimum atomic E-state index is 0.0359. The lowest BCUT2D eigenvalue weighted by Crippen LogP contribution is -2.29. The van der Waals surface area contributed by atoms with Crippen molar-refractivity contribution in [3.05, 3.63) is 59.5 Å². The molecule has 0 saturated heterocycles. The quantitative estimate of drug-likeness (QED) is 0.309. The number of rotatable bonds is 12. The molecule has 0 aromatic heterocycles. The molecule has 2 aliphatic carbocycles. The summed E-state index contributed by atoms with van der Waals surface area (Å²) < 4.78 is 22.8. The van der Waals surface area contributed by atoms with E-state index in [0.29, 0.717) is 32.1 Å². The fraction of sp³-hybridized carbons (Fsp3) is 0.483. The van der Waals surface area contributed by atoms with Gasteiger partial charge in [-0.15, -0.1) is 0 Å². The molecule has 2 aromatic rings. The van der Waals surface area contributed by atoms with Crippen molar-refractivity contribution in [1.29, 1.82) is 0 Å². The molecule has 0 unspecified atom stereocenters. The number of carbonyl (C=O) groups is 1. The van der Waals surface area contributed by atoms with Crippen LogP contribution >= 0.6 is 0 Å². The Morgan fingerprint density at radius 3 is 2.43 bits per heavy atom. The Morgan fingerprint density at radius 2 is 1.74 bits per heavy atom. The van der Waals surface area contributed by atoms with Gasteiger partial charge in [-0.2, -0.15) is 0 Å². The highest BCUT2D eigenvalue weighted by Gasteiger charge is 2.44. The van der Waals surface area contributed by atoms with E-state index < -0.39 is 0 Å². The van der Waals surface area contributed by atoms with Crippen molar-refractivity contribution >= 4 is 5.78 Å². The van der Waals surface area contributed by atoms with Crippen LogP contribution in [0.5, 0.6) is 11.5 Å². The Bertz CT molecular complexity index is 1040. The molecule has 190 valence electrons. The minimum Gasteiger partial charge on any atom is -0.493 e. The predicted octanol–water partition coefficient (Wildman–Crippen LogP) is 5.71. The van der Waals surface area contributed by atoms with Crippen LogP contribution in [-0.2, 0) is 15.9 Å². The van der Waals surface area contributed by atoms with Crippen LogP contribution in [0.25, 0.3) is 11.1 Å². The molecule has 1 N–H and O–H groups in total. The number of benzene rings is 2. The van der Waals surface area contributed by atoms with Gasteiger partial charge < -0.3 is 24.3 Å². The summed E-state index contributed by atoms with van der Waals surface area (Å²) in [5.41, 5.74) is 5.00. The first-order valence-corrected chi connectivity index (χ1v) is 12.5. The normalized spacial score (nSPS) is 14.9. The number of ketones is 1. The minimum absolute atomic E-state index is 0.0359. The van der Waals surface area contributed by atoms with Gasteiger partial charge in [0.05, 0.1) is 20.3 Å². The summed E-state index contributed by atoms with van der Waals surface area (Å²) in [7, 11) is 3.32. The van der Waals surface area contributed by atoms with Crippen molar-refractivity contribution < 1.29 is 23.7 Å². The molecule has 0 amide bonds. The maximum Gasteiger partial charge on any atom is 0.179 e. The third-order valence-electron chi connectivity index (χ3n) is 6.59. The number of Topliss-reactive ketones (excluding diaryl/α,β-unsaturated/α-hetero) is 1. The zero-order chi connectivity index (χ0) is 25.4. The van der Waals surface area contributed by atoms with Crippen LogP contribution in [0, 0.1) is 12.3 Å². The zero-order valence-electron chi connectivity index (χ0n) is 21.8. The van der Waals surface area contributed by atoms with Gasteiger partial charge in [-0.3, -0.25) is 4.79 Å². The number of aryl methyl sites for hydroxylation is 1. The van der Waals surface area contributed by atoms with Crippen LogP contribution in [0.3, 0.4) is 0 Å². The van der Waals surface area contributed by atoms with Crippen LogP contribution in [0.2, 0.25) is 0 Å². The molecule has 1 saturated carbocycles.